The molecular weight excluding hydrogens is 460 g/mol. The molecule has 0 aliphatic carbocycles. The number of carbonyl (C=O) groups is 1. The van der Waals surface area contributed by atoms with Crippen LogP contribution >= 0.6 is 27.5 Å². The van der Waals surface area contributed by atoms with Crippen LogP contribution in [-0.2, 0) is 4.79 Å². The van der Waals surface area contributed by atoms with Crippen molar-refractivity contribution in [2.75, 3.05) is 26.1 Å². The predicted molar refractivity (Wildman–Crippen MR) is 117 cm³/mol. The Labute approximate surface area is 183 Å². The number of methoxy groups -OCH3 is 2. The number of nitrogens with zero attached hydrogens (tertiary/aromatic N) is 1. The number of hydrogen-bond donors (Lipinski definition) is 1. The van der Waals surface area contributed by atoms with Crippen molar-refractivity contribution in [3.63, 3.8) is 0 Å². The Morgan fingerprint density at radius 2 is 1.93 bits per heavy atom. The monoisotopic (exact) mass is 478 g/mol. The summed E-state index contributed by atoms with van der Waals surface area (Å²) in [4.78, 5) is 12.7. The first-order valence-electron chi connectivity index (χ1n) is 8.62. The van der Waals surface area contributed by atoms with Crippen LogP contribution in [0.15, 0.2) is 34.3 Å². The Hall–Kier alpha value is -2.69. The number of anilines is 1. The Balaban J connectivity index is 2.38. The molecule has 0 spiro atoms. The second-order valence-corrected chi connectivity index (χ2v) is 7.15. The van der Waals surface area contributed by atoms with Gasteiger partial charge in [0.25, 0.3) is 5.91 Å². The molecule has 0 aromatic heterocycles. The molecule has 0 aliphatic heterocycles. The Morgan fingerprint density at radius 3 is 2.52 bits per heavy atom. The lowest BCUT2D eigenvalue weighted by Crippen LogP contribution is -2.14. The van der Waals surface area contributed by atoms with E-state index in [1.807, 2.05) is 19.9 Å². The van der Waals surface area contributed by atoms with Crippen molar-refractivity contribution in [3.8, 4) is 23.3 Å². The SMILES string of the molecule is CCOc1c(Br)cc(/C=C(\C#N)C(=O)Nc2cc(C)c(Cl)cc2OC)cc1OC. The normalized spacial score (nSPS) is 10.9. The van der Waals surface area contributed by atoms with Gasteiger partial charge in [-0.3, -0.25) is 4.79 Å². The van der Waals surface area contributed by atoms with Crippen LogP contribution in [0.1, 0.15) is 18.1 Å². The summed E-state index contributed by atoms with van der Waals surface area (Å²) in [6, 6.07) is 8.65. The fourth-order valence-corrected chi connectivity index (χ4v) is 3.27. The van der Waals surface area contributed by atoms with Gasteiger partial charge in [-0.05, 0) is 65.2 Å². The smallest absolute Gasteiger partial charge is 0.266 e. The first kappa shape index (κ1) is 22.6. The number of rotatable bonds is 7. The molecule has 0 unspecified atom stereocenters. The van der Waals surface area contributed by atoms with Crippen LogP contribution in [0.4, 0.5) is 5.69 Å². The van der Waals surface area contributed by atoms with Crippen molar-refractivity contribution in [2.24, 2.45) is 0 Å². The van der Waals surface area contributed by atoms with Crippen molar-refractivity contribution in [1.29, 1.82) is 5.26 Å². The summed E-state index contributed by atoms with van der Waals surface area (Å²) in [5.74, 6) is 0.866. The van der Waals surface area contributed by atoms with Crippen molar-refractivity contribution in [1.82, 2.24) is 0 Å². The van der Waals surface area contributed by atoms with E-state index in [9.17, 15) is 10.1 Å². The van der Waals surface area contributed by atoms with E-state index in [1.165, 1.54) is 20.3 Å². The number of ether oxygens (including phenoxy) is 3. The molecule has 2 aromatic carbocycles. The predicted octanol–water partition coefficient (Wildman–Crippen LogP) is 5.37. The number of aryl methyl sites for hydroxylation is 1. The van der Waals surface area contributed by atoms with Gasteiger partial charge in [-0.1, -0.05) is 11.6 Å². The quantitative estimate of drug-likeness (QED) is 0.426. The van der Waals surface area contributed by atoms with Crippen molar-refractivity contribution < 1.29 is 19.0 Å². The van der Waals surface area contributed by atoms with E-state index in [-0.39, 0.29) is 5.57 Å². The van der Waals surface area contributed by atoms with E-state index in [2.05, 4.69) is 21.2 Å². The zero-order valence-electron chi connectivity index (χ0n) is 16.4. The van der Waals surface area contributed by atoms with Crippen LogP contribution in [0, 0.1) is 18.3 Å². The maximum Gasteiger partial charge on any atom is 0.266 e. The summed E-state index contributed by atoms with van der Waals surface area (Å²) in [5.41, 5.74) is 1.71. The molecule has 0 atom stereocenters. The number of hydrogen-bond acceptors (Lipinski definition) is 5. The summed E-state index contributed by atoms with van der Waals surface area (Å²) in [6.07, 6.45) is 1.47. The van der Waals surface area contributed by atoms with Crippen LogP contribution < -0.4 is 19.5 Å². The number of nitriles is 1. The molecule has 0 aliphatic rings. The maximum absolute atomic E-state index is 12.7. The molecule has 1 amide bonds. The Kier molecular flexibility index (Phi) is 7.94. The lowest BCUT2D eigenvalue weighted by atomic mass is 10.1. The Bertz CT molecular complexity index is 999. The zero-order valence-corrected chi connectivity index (χ0v) is 18.8. The van der Waals surface area contributed by atoms with Gasteiger partial charge in [0.05, 0.1) is 31.0 Å². The molecule has 2 rings (SSSR count). The van der Waals surface area contributed by atoms with Crippen molar-refractivity contribution >= 4 is 45.2 Å². The van der Waals surface area contributed by atoms with Gasteiger partial charge in [0.15, 0.2) is 11.5 Å². The average Bonchev–Trinajstić information content (AvgIpc) is 2.70. The minimum Gasteiger partial charge on any atom is -0.495 e. The third kappa shape index (κ3) is 5.43. The highest BCUT2D eigenvalue weighted by molar-refractivity contribution is 9.10. The number of amides is 1. The molecule has 29 heavy (non-hydrogen) atoms. The second-order valence-electron chi connectivity index (χ2n) is 5.89. The fraction of sp³-hybridized carbons (Fsp3) is 0.238. The van der Waals surface area contributed by atoms with Crippen LogP contribution in [0.2, 0.25) is 5.02 Å². The van der Waals surface area contributed by atoms with Gasteiger partial charge in [0.2, 0.25) is 0 Å². The molecule has 0 saturated heterocycles. The lowest BCUT2D eigenvalue weighted by molar-refractivity contribution is -0.112. The van der Waals surface area contributed by atoms with Crippen LogP contribution in [0.3, 0.4) is 0 Å². The highest BCUT2D eigenvalue weighted by Crippen LogP contribution is 2.37. The van der Waals surface area contributed by atoms with Gasteiger partial charge < -0.3 is 19.5 Å². The molecule has 1 N–H and O–H groups in total. The van der Waals surface area contributed by atoms with Crippen molar-refractivity contribution in [2.45, 2.75) is 13.8 Å². The molecule has 8 heteroatoms. The number of carbonyl (C=O) groups excluding carboxylic acids is 1. The van der Waals surface area contributed by atoms with Gasteiger partial charge in [0, 0.05) is 11.1 Å². The van der Waals surface area contributed by atoms with Gasteiger partial charge >= 0.3 is 0 Å². The number of halogens is 2. The molecular formula is C21H20BrClN2O4. The lowest BCUT2D eigenvalue weighted by Gasteiger charge is -2.13. The molecule has 0 bridgehead atoms. The summed E-state index contributed by atoms with van der Waals surface area (Å²) < 4.78 is 16.8. The topological polar surface area (TPSA) is 80.6 Å². The molecule has 0 radical (unpaired) electrons. The van der Waals surface area contributed by atoms with Crippen molar-refractivity contribution in [3.05, 3.63) is 50.5 Å². The summed E-state index contributed by atoms with van der Waals surface area (Å²) in [6.45, 7) is 4.14. The third-order valence-electron chi connectivity index (χ3n) is 3.95. The highest BCUT2D eigenvalue weighted by Gasteiger charge is 2.16. The van der Waals surface area contributed by atoms with Gasteiger partial charge in [0.1, 0.15) is 17.4 Å². The summed E-state index contributed by atoms with van der Waals surface area (Å²) in [7, 11) is 2.99. The van der Waals surface area contributed by atoms with Gasteiger partial charge in [-0.15, -0.1) is 0 Å². The minimum atomic E-state index is -0.573. The van der Waals surface area contributed by atoms with Gasteiger partial charge in [-0.2, -0.15) is 5.26 Å². The van der Waals surface area contributed by atoms with E-state index in [0.29, 0.717) is 44.6 Å². The maximum atomic E-state index is 12.7. The second kappa shape index (κ2) is 10.2. The molecule has 0 heterocycles. The fourth-order valence-electron chi connectivity index (χ4n) is 2.54. The molecule has 0 saturated carbocycles. The van der Waals surface area contributed by atoms with Crippen LogP contribution in [0.5, 0.6) is 17.2 Å². The van der Waals surface area contributed by atoms with Crippen LogP contribution in [-0.4, -0.2) is 26.7 Å². The summed E-state index contributed by atoms with van der Waals surface area (Å²) in [5, 5.41) is 12.7. The Morgan fingerprint density at radius 1 is 1.24 bits per heavy atom. The van der Waals surface area contributed by atoms with E-state index in [1.54, 1.807) is 24.3 Å². The molecule has 0 fully saturated rings. The standard InChI is InChI=1S/C21H20BrClN2O4/c1-5-29-20-15(22)8-13(9-19(20)28-4)7-14(11-24)21(26)25-17-6-12(2)16(23)10-18(17)27-3/h6-10H,5H2,1-4H3,(H,25,26)/b14-7+. The van der Waals surface area contributed by atoms with E-state index >= 15 is 0 Å². The number of benzene rings is 2. The van der Waals surface area contributed by atoms with E-state index in [0.717, 1.165) is 5.56 Å². The first-order valence-corrected chi connectivity index (χ1v) is 9.79. The molecule has 152 valence electrons. The van der Waals surface area contributed by atoms with E-state index in [4.69, 9.17) is 25.8 Å². The first-order chi connectivity index (χ1) is 13.8. The molecule has 2 aromatic rings. The minimum absolute atomic E-state index is 0.0854. The number of nitrogens with one attached hydrogen (secondary N) is 1. The van der Waals surface area contributed by atoms with Crippen LogP contribution in [0.25, 0.3) is 6.08 Å². The average molecular weight is 480 g/mol. The van der Waals surface area contributed by atoms with Gasteiger partial charge in [-0.25, -0.2) is 0 Å². The highest BCUT2D eigenvalue weighted by atomic mass is 79.9. The largest absolute Gasteiger partial charge is 0.495 e. The third-order valence-corrected chi connectivity index (χ3v) is 4.94. The summed E-state index contributed by atoms with van der Waals surface area (Å²) >= 11 is 9.52. The zero-order chi connectivity index (χ0) is 21.6. The van der Waals surface area contributed by atoms with E-state index < -0.39 is 5.91 Å². The molecule has 6 nitrogen and oxygen atoms in total.